The lowest BCUT2D eigenvalue weighted by atomic mass is 9.94. The molecule has 0 bridgehead atoms. The summed E-state index contributed by atoms with van der Waals surface area (Å²) >= 11 is 0. The maximum absolute atomic E-state index is 13.1. The number of carbonyl (C=O) groups is 3. The van der Waals surface area contributed by atoms with Crippen molar-refractivity contribution >= 4 is 18.0 Å². The Balaban J connectivity index is 1.63. The second-order valence-corrected chi connectivity index (χ2v) is 7.68. The molecule has 1 heterocycles. The number of hydrogen-bond acceptors (Lipinski definition) is 4. The minimum atomic E-state index is -0.954. The van der Waals surface area contributed by atoms with E-state index >= 15 is 0 Å². The molecule has 1 aromatic rings. The van der Waals surface area contributed by atoms with Gasteiger partial charge in [0.2, 0.25) is 5.91 Å². The van der Waals surface area contributed by atoms with Crippen LogP contribution in [0.15, 0.2) is 30.3 Å². The van der Waals surface area contributed by atoms with Gasteiger partial charge in [-0.1, -0.05) is 50.1 Å². The highest BCUT2D eigenvalue weighted by Crippen LogP contribution is 2.42. The van der Waals surface area contributed by atoms with Crippen LogP contribution in [0.1, 0.15) is 44.6 Å². The molecule has 0 unspecified atom stereocenters. The van der Waals surface area contributed by atoms with Crippen molar-refractivity contribution in [2.75, 3.05) is 6.54 Å². The molecule has 0 aromatic heterocycles. The van der Waals surface area contributed by atoms with Gasteiger partial charge in [0, 0.05) is 6.54 Å². The second-order valence-electron chi connectivity index (χ2n) is 7.68. The number of fused-ring (bicyclic) bond motifs is 1. The van der Waals surface area contributed by atoms with E-state index in [0.29, 0.717) is 19.4 Å². The Morgan fingerprint density at radius 2 is 2.00 bits per heavy atom. The Bertz CT molecular complexity index is 708. The van der Waals surface area contributed by atoms with Gasteiger partial charge in [0.25, 0.3) is 0 Å². The number of ether oxygens (including phenoxy) is 1. The summed E-state index contributed by atoms with van der Waals surface area (Å²) in [5.41, 5.74) is 0.856. The van der Waals surface area contributed by atoms with E-state index in [2.05, 4.69) is 5.32 Å². The van der Waals surface area contributed by atoms with E-state index < -0.39 is 24.1 Å². The van der Waals surface area contributed by atoms with Gasteiger partial charge in [-0.25, -0.2) is 9.59 Å². The molecule has 2 amide bonds. The monoisotopic (exact) mass is 388 g/mol. The minimum absolute atomic E-state index is 0.0220. The summed E-state index contributed by atoms with van der Waals surface area (Å²) in [6.45, 7) is 2.50. The van der Waals surface area contributed by atoms with Gasteiger partial charge in [0.1, 0.15) is 18.7 Å². The zero-order valence-corrected chi connectivity index (χ0v) is 16.2. The molecule has 7 nitrogen and oxygen atoms in total. The van der Waals surface area contributed by atoms with Gasteiger partial charge in [0.05, 0.1) is 0 Å². The Morgan fingerprint density at radius 3 is 2.68 bits per heavy atom. The van der Waals surface area contributed by atoms with Crippen LogP contribution < -0.4 is 5.32 Å². The molecule has 1 aliphatic carbocycles. The molecule has 1 saturated heterocycles. The molecular weight excluding hydrogens is 360 g/mol. The van der Waals surface area contributed by atoms with Crippen LogP contribution in [0, 0.1) is 11.8 Å². The molecule has 2 fully saturated rings. The van der Waals surface area contributed by atoms with E-state index in [1.165, 1.54) is 4.90 Å². The fourth-order valence-electron chi connectivity index (χ4n) is 4.50. The Morgan fingerprint density at radius 1 is 1.25 bits per heavy atom. The molecule has 28 heavy (non-hydrogen) atoms. The van der Waals surface area contributed by atoms with Crippen molar-refractivity contribution in [3.63, 3.8) is 0 Å². The predicted octanol–water partition coefficient (Wildman–Crippen LogP) is 2.79. The number of nitrogens with one attached hydrogen (secondary N) is 1. The second kappa shape index (κ2) is 9.08. The maximum atomic E-state index is 13.1. The SMILES string of the molecule is CCC[C@H](NC(=O)OCc1ccccc1)C(=O)N1C[C@@H]2CCC[C@@H]2[C@H]1C(=O)O. The van der Waals surface area contributed by atoms with Crippen LogP contribution in [-0.2, 0) is 20.9 Å². The minimum Gasteiger partial charge on any atom is -0.480 e. The molecular formula is C21H28N2O5. The van der Waals surface area contributed by atoms with E-state index in [1.807, 2.05) is 37.3 Å². The van der Waals surface area contributed by atoms with Gasteiger partial charge in [0.15, 0.2) is 0 Å². The third kappa shape index (κ3) is 4.46. The molecule has 2 aliphatic rings. The third-order valence-electron chi connectivity index (χ3n) is 5.81. The number of aliphatic carboxylic acids is 1. The number of amides is 2. The average molecular weight is 388 g/mol. The Hall–Kier alpha value is -2.57. The molecule has 4 atom stereocenters. The van der Waals surface area contributed by atoms with Crippen molar-refractivity contribution in [3.05, 3.63) is 35.9 Å². The van der Waals surface area contributed by atoms with Gasteiger partial charge in [-0.05, 0) is 36.7 Å². The van der Waals surface area contributed by atoms with Crippen molar-refractivity contribution in [1.82, 2.24) is 10.2 Å². The molecule has 1 aliphatic heterocycles. The van der Waals surface area contributed by atoms with Crippen LogP contribution in [-0.4, -0.2) is 46.6 Å². The van der Waals surface area contributed by atoms with Crippen molar-refractivity contribution in [2.45, 2.75) is 57.7 Å². The first kappa shape index (κ1) is 20.2. The summed E-state index contributed by atoms with van der Waals surface area (Å²) in [5, 5.41) is 12.3. The standard InChI is InChI=1S/C21H28N2O5/c1-2-7-17(22-21(27)28-13-14-8-4-3-5-9-14)19(24)23-12-15-10-6-11-16(15)18(23)20(25)26/h3-5,8-9,15-18H,2,6-7,10-13H2,1H3,(H,22,27)(H,25,26)/t15-,16-,17-,18-/m0/s1. The highest BCUT2D eigenvalue weighted by atomic mass is 16.5. The van der Waals surface area contributed by atoms with Crippen LogP contribution in [0.2, 0.25) is 0 Å². The molecule has 1 aromatic carbocycles. The quantitative estimate of drug-likeness (QED) is 0.749. The van der Waals surface area contributed by atoms with Gasteiger partial charge in [-0.2, -0.15) is 0 Å². The van der Waals surface area contributed by atoms with Crippen LogP contribution in [0.25, 0.3) is 0 Å². The zero-order chi connectivity index (χ0) is 20.1. The predicted molar refractivity (Wildman–Crippen MR) is 102 cm³/mol. The number of carbonyl (C=O) groups excluding carboxylic acids is 2. The van der Waals surface area contributed by atoms with Crippen molar-refractivity contribution in [1.29, 1.82) is 0 Å². The normalized spacial score (nSPS) is 24.5. The average Bonchev–Trinajstić information content (AvgIpc) is 3.27. The van der Waals surface area contributed by atoms with Gasteiger partial charge < -0.3 is 20.1 Å². The van der Waals surface area contributed by atoms with Crippen molar-refractivity contribution < 1.29 is 24.2 Å². The lowest BCUT2D eigenvalue weighted by Gasteiger charge is -2.28. The first-order valence-electron chi connectivity index (χ1n) is 10.0. The number of rotatable bonds is 7. The third-order valence-corrected chi connectivity index (χ3v) is 5.81. The fraction of sp³-hybridized carbons (Fsp3) is 0.571. The number of carboxylic acids is 1. The lowest BCUT2D eigenvalue weighted by molar-refractivity contribution is -0.150. The fourth-order valence-corrected chi connectivity index (χ4v) is 4.50. The van der Waals surface area contributed by atoms with Crippen molar-refractivity contribution in [2.24, 2.45) is 11.8 Å². The number of nitrogens with zero attached hydrogens (tertiary/aromatic N) is 1. The van der Waals surface area contributed by atoms with Gasteiger partial charge in [-0.3, -0.25) is 4.79 Å². The van der Waals surface area contributed by atoms with Crippen molar-refractivity contribution in [3.8, 4) is 0 Å². The molecule has 0 spiro atoms. The van der Waals surface area contributed by atoms with Crippen LogP contribution in [0.4, 0.5) is 4.79 Å². The molecule has 1 saturated carbocycles. The molecule has 152 valence electrons. The van der Waals surface area contributed by atoms with E-state index in [4.69, 9.17) is 4.74 Å². The van der Waals surface area contributed by atoms with Gasteiger partial charge in [-0.15, -0.1) is 0 Å². The zero-order valence-electron chi connectivity index (χ0n) is 16.2. The summed E-state index contributed by atoms with van der Waals surface area (Å²) in [5.74, 6) is -1.00. The van der Waals surface area contributed by atoms with E-state index in [-0.39, 0.29) is 24.3 Å². The smallest absolute Gasteiger partial charge is 0.408 e. The summed E-state index contributed by atoms with van der Waals surface area (Å²) in [6, 6.07) is 7.73. The van der Waals surface area contributed by atoms with Gasteiger partial charge >= 0.3 is 12.1 Å². The number of hydrogen-bond donors (Lipinski definition) is 2. The van der Waals surface area contributed by atoms with Crippen LogP contribution in [0.5, 0.6) is 0 Å². The lowest BCUT2D eigenvalue weighted by Crippen LogP contribution is -2.52. The maximum Gasteiger partial charge on any atom is 0.408 e. The topological polar surface area (TPSA) is 95.9 Å². The highest BCUT2D eigenvalue weighted by Gasteiger charge is 2.50. The summed E-state index contributed by atoms with van der Waals surface area (Å²) in [4.78, 5) is 38.6. The van der Waals surface area contributed by atoms with E-state index in [0.717, 1.165) is 24.8 Å². The molecule has 3 rings (SSSR count). The van der Waals surface area contributed by atoms with Crippen LogP contribution >= 0.6 is 0 Å². The summed E-state index contributed by atoms with van der Waals surface area (Å²) in [6.07, 6.45) is 3.29. The Kier molecular flexibility index (Phi) is 6.54. The van der Waals surface area contributed by atoms with E-state index in [9.17, 15) is 19.5 Å². The summed E-state index contributed by atoms with van der Waals surface area (Å²) in [7, 11) is 0. The molecule has 2 N–H and O–H groups in total. The number of alkyl carbamates (subject to hydrolysis) is 1. The number of benzene rings is 1. The first-order valence-corrected chi connectivity index (χ1v) is 10.0. The van der Waals surface area contributed by atoms with E-state index in [1.54, 1.807) is 0 Å². The summed E-state index contributed by atoms with van der Waals surface area (Å²) < 4.78 is 5.23. The Labute approximate surface area is 165 Å². The van der Waals surface area contributed by atoms with Crippen LogP contribution in [0.3, 0.4) is 0 Å². The largest absolute Gasteiger partial charge is 0.480 e. The molecule has 0 radical (unpaired) electrons. The number of carboxylic acid groups (broad SMARTS) is 1. The molecule has 7 heteroatoms. The number of likely N-dealkylation sites (tertiary alicyclic amines) is 1. The first-order chi connectivity index (χ1) is 13.5. The highest BCUT2D eigenvalue weighted by molar-refractivity contribution is 5.90.